The Hall–Kier alpha value is -2.78. The molecule has 11 heteroatoms. The summed E-state index contributed by atoms with van der Waals surface area (Å²) in [6, 6.07) is 11.9. The van der Waals surface area contributed by atoms with Crippen molar-refractivity contribution < 1.29 is 24.5 Å². The Morgan fingerprint density at radius 2 is 1.78 bits per heavy atom. The Balaban J connectivity index is 1.95. The van der Waals surface area contributed by atoms with E-state index in [1.165, 1.54) is 16.8 Å². The van der Waals surface area contributed by atoms with Gasteiger partial charge in [-0.15, -0.1) is 0 Å². The monoisotopic (exact) mass is 553 g/mol. The van der Waals surface area contributed by atoms with Crippen molar-refractivity contribution in [1.82, 2.24) is 15.1 Å². The lowest BCUT2D eigenvalue weighted by Gasteiger charge is -2.25. The molecule has 0 unspecified atom stereocenters. The number of amides is 1. The van der Waals surface area contributed by atoms with E-state index in [9.17, 15) is 19.8 Å². The van der Waals surface area contributed by atoms with Gasteiger partial charge in [0.15, 0.2) is 5.69 Å². The minimum atomic E-state index is -1.13. The number of aliphatic hydroxyl groups is 1. The van der Waals surface area contributed by atoms with E-state index in [4.69, 9.17) is 39.5 Å². The summed E-state index contributed by atoms with van der Waals surface area (Å²) in [4.78, 5) is 24.7. The fourth-order valence-corrected chi connectivity index (χ4v) is 3.97. The molecule has 36 heavy (non-hydrogen) atoms. The van der Waals surface area contributed by atoms with Crippen LogP contribution >= 0.6 is 34.8 Å². The van der Waals surface area contributed by atoms with Crippen LogP contribution in [-0.4, -0.2) is 44.6 Å². The molecule has 1 heterocycles. The maximum atomic E-state index is 13.2. The fourth-order valence-electron chi connectivity index (χ4n) is 3.22. The van der Waals surface area contributed by atoms with Gasteiger partial charge in [-0.05, 0) is 35.2 Å². The van der Waals surface area contributed by atoms with E-state index in [-0.39, 0.29) is 23.2 Å². The molecule has 8 nitrogen and oxygen atoms in total. The second-order valence-electron chi connectivity index (χ2n) is 9.21. The summed E-state index contributed by atoms with van der Waals surface area (Å²) >= 11 is 18.6. The largest absolute Gasteiger partial charge is 0.481 e. The van der Waals surface area contributed by atoms with Crippen LogP contribution in [0.3, 0.4) is 0 Å². The van der Waals surface area contributed by atoms with Crippen molar-refractivity contribution >= 4 is 46.7 Å². The number of aliphatic carboxylic acids is 1. The standard InChI is InChI=1S/C25H26Cl3N3O5/c1-25(2,3)21(32)13-36-22-11-19(30-31(22)20-7-5-4-6-16(20)27)24(35)29-18(12-23(33)34)15-9-8-14(26)10-17(15)28/h4-11,18,21,32H,12-13H2,1-3H3,(H,29,35)(H,33,34)/t18-,21-/m0/s1. The Morgan fingerprint density at radius 3 is 2.39 bits per heavy atom. The van der Waals surface area contributed by atoms with Gasteiger partial charge in [0.2, 0.25) is 5.88 Å². The third kappa shape index (κ3) is 6.91. The molecule has 3 aromatic rings. The van der Waals surface area contributed by atoms with E-state index in [0.29, 0.717) is 21.3 Å². The lowest BCUT2D eigenvalue weighted by Crippen LogP contribution is -2.32. The highest BCUT2D eigenvalue weighted by molar-refractivity contribution is 6.35. The molecule has 0 aliphatic heterocycles. The number of aromatic nitrogens is 2. The normalized spacial score (nSPS) is 13.2. The second-order valence-corrected chi connectivity index (χ2v) is 10.5. The van der Waals surface area contributed by atoms with Gasteiger partial charge in [0.05, 0.1) is 29.3 Å². The van der Waals surface area contributed by atoms with Gasteiger partial charge in [-0.25, -0.2) is 0 Å². The molecule has 1 amide bonds. The minimum absolute atomic E-state index is 0.0457. The van der Waals surface area contributed by atoms with Crippen LogP contribution in [0.4, 0.5) is 0 Å². The molecule has 0 aliphatic carbocycles. The number of carboxylic acid groups (broad SMARTS) is 1. The Morgan fingerprint density at radius 1 is 1.08 bits per heavy atom. The summed E-state index contributed by atoms with van der Waals surface area (Å²) in [5.74, 6) is -1.61. The van der Waals surface area contributed by atoms with E-state index in [1.807, 2.05) is 20.8 Å². The maximum absolute atomic E-state index is 13.2. The van der Waals surface area contributed by atoms with Gasteiger partial charge < -0.3 is 20.3 Å². The lowest BCUT2D eigenvalue weighted by atomic mass is 9.90. The number of halogens is 3. The molecular weight excluding hydrogens is 529 g/mol. The first kappa shape index (κ1) is 27.8. The Labute approximate surface area is 223 Å². The number of hydrogen-bond donors (Lipinski definition) is 3. The quantitative estimate of drug-likeness (QED) is 0.319. The molecule has 0 radical (unpaired) electrons. The molecule has 0 spiro atoms. The summed E-state index contributed by atoms with van der Waals surface area (Å²) in [6.07, 6.45) is -1.21. The van der Waals surface area contributed by atoms with Crippen LogP contribution in [0.5, 0.6) is 5.88 Å². The van der Waals surface area contributed by atoms with Crippen molar-refractivity contribution in [2.24, 2.45) is 5.41 Å². The Bertz CT molecular complexity index is 1260. The number of carbonyl (C=O) groups excluding carboxylic acids is 1. The average molecular weight is 555 g/mol. The number of ether oxygens (including phenoxy) is 1. The van der Waals surface area contributed by atoms with E-state index in [0.717, 1.165) is 0 Å². The van der Waals surface area contributed by atoms with Crippen LogP contribution in [0, 0.1) is 5.41 Å². The predicted molar refractivity (Wildman–Crippen MR) is 138 cm³/mol. The topological polar surface area (TPSA) is 114 Å². The number of para-hydroxylation sites is 1. The van der Waals surface area contributed by atoms with Crippen LogP contribution < -0.4 is 10.1 Å². The van der Waals surface area contributed by atoms with Crippen LogP contribution in [0.1, 0.15) is 49.3 Å². The van der Waals surface area contributed by atoms with Crippen molar-refractivity contribution in [1.29, 1.82) is 0 Å². The van der Waals surface area contributed by atoms with Crippen LogP contribution in [0.2, 0.25) is 15.1 Å². The molecule has 3 rings (SSSR count). The predicted octanol–water partition coefficient (Wildman–Crippen LogP) is 5.56. The molecule has 3 N–H and O–H groups in total. The molecule has 0 saturated carbocycles. The van der Waals surface area contributed by atoms with Gasteiger partial charge in [-0.3, -0.25) is 9.59 Å². The summed E-state index contributed by atoms with van der Waals surface area (Å²) in [6.45, 7) is 5.56. The average Bonchev–Trinajstić information content (AvgIpc) is 3.20. The fraction of sp³-hybridized carbons (Fsp3) is 0.320. The van der Waals surface area contributed by atoms with E-state index in [1.54, 1.807) is 36.4 Å². The highest BCUT2D eigenvalue weighted by Gasteiger charge is 2.26. The smallest absolute Gasteiger partial charge is 0.305 e. The van der Waals surface area contributed by atoms with Gasteiger partial charge in [0.25, 0.3) is 5.91 Å². The molecule has 0 bridgehead atoms. The first-order valence-electron chi connectivity index (χ1n) is 11.0. The minimum Gasteiger partial charge on any atom is -0.481 e. The molecule has 1 aromatic heterocycles. The van der Waals surface area contributed by atoms with Crippen LogP contribution in [-0.2, 0) is 4.79 Å². The lowest BCUT2D eigenvalue weighted by molar-refractivity contribution is -0.137. The first-order valence-corrected chi connectivity index (χ1v) is 12.1. The van der Waals surface area contributed by atoms with Crippen LogP contribution in [0.15, 0.2) is 48.5 Å². The number of nitrogens with zero attached hydrogens (tertiary/aromatic N) is 2. The van der Waals surface area contributed by atoms with Gasteiger partial charge in [0.1, 0.15) is 6.61 Å². The molecule has 0 aliphatic rings. The number of benzene rings is 2. The van der Waals surface area contributed by atoms with Crippen molar-refractivity contribution in [3.05, 3.63) is 74.9 Å². The number of nitrogens with one attached hydrogen (secondary N) is 1. The number of carboxylic acids is 1. The van der Waals surface area contributed by atoms with Crippen molar-refractivity contribution in [2.45, 2.75) is 39.3 Å². The van der Waals surface area contributed by atoms with Gasteiger partial charge in [0, 0.05) is 16.1 Å². The third-order valence-corrected chi connectivity index (χ3v) is 6.28. The molecule has 2 atom stereocenters. The second kappa shape index (κ2) is 11.5. The summed E-state index contributed by atoms with van der Waals surface area (Å²) < 4.78 is 7.19. The zero-order valence-corrected chi connectivity index (χ0v) is 22.1. The summed E-state index contributed by atoms with van der Waals surface area (Å²) in [5.41, 5.74) is 0.376. The highest BCUT2D eigenvalue weighted by Crippen LogP contribution is 2.30. The SMILES string of the molecule is CC(C)(C)[C@@H](O)COc1cc(C(=O)N[C@@H](CC(=O)O)c2ccc(Cl)cc2Cl)nn1-c1ccccc1Cl. The van der Waals surface area contributed by atoms with Gasteiger partial charge in [-0.1, -0.05) is 73.8 Å². The number of aliphatic hydroxyl groups excluding tert-OH is 1. The molecule has 0 fully saturated rings. The van der Waals surface area contributed by atoms with Crippen molar-refractivity contribution in [2.75, 3.05) is 6.61 Å². The van der Waals surface area contributed by atoms with E-state index in [2.05, 4.69) is 10.4 Å². The van der Waals surface area contributed by atoms with E-state index < -0.39 is 35.9 Å². The zero-order valence-electron chi connectivity index (χ0n) is 19.8. The molecule has 0 saturated heterocycles. The van der Waals surface area contributed by atoms with Crippen molar-refractivity contribution in [3.8, 4) is 11.6 Å². The van der Waals surface area contributed by atoms with Crippen LogP contribution in [0.25, 0.3) is 5.69 Å². The molecule has 2 aromatic carbocycles. The maximum Gasteiger partial charge on any atom is 0.305 e. The van der Waals surface area contributed by atoms with E-state index >= 15 is 0 Å². The van der Waals surface area contributed by atoms with Crippen molar-refractivity contribution in [3.63, 3.8) is 0 Å². The molecular formula is C25H26Cl3N3O5. The highest BCUT2D eigenvalue weighted by atomic mass is 35.5. The third-order valence-electron chi connectivity index (χ3n) is 5.40. The molecule has 192 valence electrons. The van der Waals surface area contributed by atoms with Gasteiger partial charge >= 0.3 is 5.97 Å². The summed E-state index contributed by atoms with van der Waals surface area (Å²) in [5, 5.41) is 27.8. The summed E-state index contributed by atoms with van der Waals surface area (Å²) in [7, 11) is 0. The number of hydrogen-bond acceptors (Lipinski definition) is 5. The number of carbonyl (C=O) groups is 2. The van der Waals surface area contributed by atoms with Gasteiger partial charge in [-0.2, -0.15) is 9.78 Å². The first-order chi connectivity index (χ1) is 16.9. The zero-order chi connectivity index (χ0) is 26.6. The number of rotatable bonds is 9. The Kier molecular flexibility index (Phi) is 8.89.